The zero-order chi connectivity index (χ0) is 14.1. The van der Waals surface area contributed by atoms with Crippen molar-refractivity contribution >= 4 is 33.4 Å². The predicted molar refractivity (Wildman–Crippen MR) is 80.5 cm³/mol. The first-order valence-electron chi connectivity index (χ1n) is 7.03. The predicted octanol–water partition coefficient (Wildman–Crippen LogP) is 2.57. The van der Waals surface area contributed by atoms with Gasteiger partial charge in [-0.1, -0.05) is 28.4 Å². The van der Waals surface area contributed by atoms with Crippen LogP contribution >= 0.6 is 15.9 Å². The van der Waals surface area contributed by atoms with E-state index in [-0.39, 0.29) is 17.9 Å². The second-order valence-electron chi connectivity index (χ2n) is 5.36. The maximum Gasteiger partial charge on any atom is 0.251 e. The lowest BCUT2D eigenvalue weighted by atomic mass is 10.1. The van der Waals surface area contributed by atoms with Crippen molar-refractivity contribution in [2.45, 2.75) is 31.7 Å². The van der Waals surface area contributed by atoms with E-state index in [1.54, 1.807) is 6.07 Å². The molecule has 1 aromatic rings. The molecule has 0 N–H and O–H groups in total. The van der Waals surface area contributed by atoms with Gasteiger partial charge in [-0.15, -0.1) is 0 Å². The van der Waals surface area contributed by atoms with E-state index in [0.29, 0.717) is 12.1 Å². The molecule has 5 heteroatoms. The number of amides is 2. The molecule has 1 atom stereocenters. The van der Waals surface area contributed by atoms with Crippen molar-refractivity contribution in [3.8, 4) is 0 Å². The summed E-state index contributed by atoms with van der Waals surface area (Å²) >= 11 is 3.38. The van der Waals surface area contributed by atoms with Gasteiger partial charge in [-0.3, -0.25) is 14.5 Å². The van der Waals surface area contributed by atoms with Crippen molar-refractivity contribution in [1.29, 1.82) is 0 Å². The van der Waals surface area contributed by atoms with E-state index < -0.39 is 0 Å². The summed E-state index contributed by atoms with van der Waals surface area (Å²) in [7, 11) is 0. The monoisotopic (exact) mass is 336 g/mol. The SMILES string of the molecule is O=C1C[C@@H](N2CCCCC2)C(=O)N1c1cccc(Br)c1. The Labute approximate surface area is 126 Å². The Hall–Kier alpha value is -1.20. The Balaban J connectivity index is 1.83. The normalized spacial score (nSPS) is 24.4. The fourth-order valence-corrected chi connectivity index (χ4v) is 3.40. The van der Waals surface area contributed by atoms with Crippen LogP contribution in [0, 0.1) is 0 Å². The molecule has 20 heavy (non-hydrogen) atoms. The quantitative estimate of drug-likeness (QED) is 0.779. The summed E-state index contributed by atoms with van der Waals surface area (Å²) < 4.78 is 0.872. The molecule has 1 aromatic carbocycles. The van der Waals surface area contributed by atoms with Crippen LogP contribution in [0.15, 0.2) is 28.7 Å². The highest BCUT2D eigenvalue weighted by Crippen LogP contribution is 2.28. The maximum atomic E-state index is 12.6. The standard InChI is InChI=1S/C15H17BrN2O2/c16-11-5-4-6-12(9-11)18-14(19)10-13(15(18)20)17-7-2-1-3-8-17/h4-6,9,13H,1-3,7-8,10H2/t13-/m1/s1. The number of anilines is 1. The number of carbonyl (C=O) groups is 2. The molecule has 0 saturated carbocycles. The second kappa shape index (κ2) is 5.66. The number of piperidine rings is 1. The van der Waals surface area contributed by atoms with E-state index in [9.17, 15) is 9.59 Å². The molecule has 2 heterocycles. The fraction of sp³-hybridized carbons (Fsp3) is 0.467. The number of imide groups is 1. The lowest BCUT2D eigenvalue weighted by Gasteiger charge is -2.30. The number of rotatable bonds is 2. The smallest absolute Gasteiger partial charge is 0.251 e. The van der Waals surface area contributed by atoms with Crippen LogP contribution in [0.3, 0.4) is 0 Å². The van der Waals surface area contributed by atoms with Gasteiger partial charge in [0.1, 0.15) is 0 Å². The van der Waals surface area contributed by atoms with Crippen LogP contribution in [-0.4, -0.2) is 35.8 Å². The van der Waals surface area contributed by atoms with Crippen molar-refractivity contribution in [3.63, 3.8) is 0 Å². The van der Waals surface area contributed by atoms with Crippen molar-refractivity contribution < 1.29 is 9.59 Å². The van der Waals surface area contributed by atoms with Crippen LogP contribution in [0.25, 0.3) is 0 Å². The molecule has 4 nitrogen and oxygen atoms in total. The van der Waals surface area contributed by atoms with E-state index >= 15 is 0 Å². The lowest BCUT2D eigenvalue weighted by Crippen LogP contribution is -2.44. The van der Waals surface area contributed by atoms with Crippen LogP contribution in [0.4, 0.5) is 5.69 Å². The van der Waals surface area contributed by atoms with Gasteiger partial charge in [0.25, 0.3) is 5.91 Å². The highest BCUT2D eigenvalue weighted by molar-refractivity contribution is 9.10. The third-order valence-electron chi connectivity index (χ3n) is 4.02. The molecule has 0 aromatic heterocycles. The molecule has 2 fully saturated rings. The molecule has 106 valence electrons. The summed E-state index contributed by atoms with van der Waals surface area (Å²) in [6.45, 7) is 1.85. The molecule has 2 aliphatic heterocycles. The number of likely N-dealkylation sites (tertiary alicyclic amines) is 1. The molecule has 2 aliphatic rings. The van der Waals surface area contributed by atoms with Gasteiger partial charge in [0.15, 0.2) is 0 Å². The van der Waals surface area contributed by atoms with Crippen molar-refractivity contribution in [3.05, 3.63) is 28.7 Å². The highest BCUT2D eigenvalue weighted by atomic mass is 79.9. The number of halogens is 1. The van der Waals surface area contributed by atoms with Gasteiger partial charge in [0.05, 0.1) is 18.2 Å². The van der Waals surface area contributed by atoms with Crippen LogP contribution in [0.5, 0.6) is 0 Å². The average Bonchev–Trinajstić information content (AvgIpc) is 2.75. The van der Waals surface area contributed by atoms with Gasteiger partial charge in [-0.2, -0.15) is 0 Å². The Morgan fingerprint density at radius 2 is 1.85 bits per heavy atom. The van der Waals surface area contributed by atoms with E-state index in [2.05, 4.69) is 20.8 Å². The molecule has 0 spiro atoms. The Morgan fingerprint density at radius 3 is 2.55 bits per heavy atom. The third-order valence-corrected chi connectivity index (χ3v) is 4.51. The topological polar surface area (TPSA) is 40.6 Å². The van der Waals surface area contributed by atoms with E-state index in [0.717, 1.165) is 30.4 Å². The zero-order valence-corrected chi connectivity index (χ0v) is 12.8. The fourth-order valence-electron chi connectivity index (χ4n) is 3.02. The first-order chi connectivity index (χ1) is 9.66. The van der Waals surface area contributed by atoms with E-state index in [1.807, 2.05) is 18.2 Å². The van der Waals surface area contributed by atoms with Crippen LogP contribution in [0.2, 0.25) is 0 Å². The third kappa shape index (κ3) is 2.52. The average molecular weight is 337 g/mol. The van der Waals surface area contributed by atoms with Gasteiger partial charge in [0, 0.05) is 4.47 Å². The second-order valence-corrected chi connectivity index (χ2v) is 6.28. The molecule has 0 unspecified atom stereocenters. The number of carbonyl (C=O) groups excluding carboxylic acids is 2. The number of benzene rings is 1. The minimum absolute atomic E-state index is 0.0741. The number of nitrogens with zero attached hydrogens (tertiary/aromatic N) is 2. The summed E-state index contributed by atoms with van der Waals surface area (Å²) in [5.74, 6) is -0.168. The molecule has 2 amide bonds. The molecule has 2 saturated heterocycles. The van der Waals surface area contributed by atoms with Crippen LogP contribution in [-0.2, 0) is 9.59 Å². The molecule has 0 bridgehead atoms. The van der Waals surface area contributed by atoms with Crippen molar-refractivity contribution in [2.24, 2.45) is 0 Å². The zero-order valence-electron chi connectivity index (χ0n) is 11.2. The first kappa shape index (κ1) is 13.8. The Morgan fingerprint density at radius 1 is 1.10 bits per heavy atom. The van der Waals surface area contributed by atoms with E-state index in [4.69, 9.17) is 0 Å². The Kier molecular flexibility index (Phi) is 3.89. The first-order valence-corrected chi connectivity index (χ1v) is 7.82. The van der Waals surface area contributed by atoms with Gasteiger partial charge >= 0.3 is 0 Å². The lowest BCUT2D eigenvalue weighted by molar-refractivity contribution is -0.123. The summed E-state index contributed by atoms with van der Waals surface area (Å²) in [6.07, 6.45) is 3.77. The van der Waals surface area contributed by atoms with Crippen molar-refractivity contribution in [2.75, 3.05) is 18.0 Å². The molecular formula is C15H17BrN2O2. The molecule has 3 rings (SSSR count). The minimum Gasteiger partial charge on any atom is -0.292 e. The summed E-state index contributed by atoms with van der Waals surface area (Å²) in [5, 5.41) is 0. The molecule has 0 radical (unpaired) electrons. The highest BCUT2D eigenvalue weighted by Gasteiger charge is 2.42. The van der Waals surface area contributed by atoms with Gasteiger partial charge < -0.3 is 0 Å². The number of hydrogen-bond donors (Lipinski definition) is 0. The largest absolute Gasteiger partial charge is 0.292 e. The molecule has 0 aliphatic carbocycles. The van der Waals surface area contributed by atoms with Gasteiger partial charge in [-0.05, 0) is 44.1 Å². The van der Waals surface area contributed by atoms with Gasteiger partial charge in [0.2, 0.25) is 5.91 Å². The molecular weight excluding hydrogens is 320 g/mol. The minimum atomic E-state index is -0.262. The Bertz CT molecular complexity index is 540. The number of hydrogen-bond acceptors (Lipinski definition) is 3. The van der Waals surface area contributed by atoms with Crippen LogP contribution in [0.1, 0.15) is 25.7 Å². The maximum absolute atomic E-state index is 12.6. The van der Waals surface area contributed by atoms with Gasteiger partial charge in [-0.25, -0.2) is 4.90 Å². The van der Waals surface area contributed by atoms with E-state index in [1.165, 1.54) is 11.3 Å². The van der Waals surface area contributed by atoms with Crippen LogP contribution < -0.4 is 4.90 Å². The van der Waals surface area contributed by atoms with Crippen molar-refractivity contribution in [1.82, 2.24) is 4.90 Å². The summed E-state index contributed by atoms with van der Waals surface area (Å²) in [4.78, 5) is 28.3. The summed E-state index contributed by atoms with van der Waals surface area (Å²) in [5.41, 5.74) is 0.661. The summed E-state index contributed by atoms with van der Waals surface area (Å²) in [6, 6.07) is 7.08.